The topological polar surface area (TPSA) is 34.0 Å². The first-order chi connectivity index (χ1) is 16.3. The van der Waals surface area contributed by atoms with Gasteiger partial charge in [0.2, 0.25) is 0 Å². The molecule has 0 aliphatic carbocycles. The van der Waals surface area contributed by atoms with Crippen molar-refractivity contribution in [3.05, 3.63) is 96.3 Å². The Bertz CT molecular complexity index is 1350. The number of hydrogen-bond donors (Lipinski definition) is 0. The number of pyridine rings is 1. The first-order valence-electron chi connectivity index (χ1n) is 11.6. The molecular formula is C28H26N4S. The minimum atomic E-state index is 0.485. The second-order valence-electron chi connectivity index (χ2n) is 8.73. The predicted molar refractivity (Wildman–Crippen MR) is 136 cm³/mol. The van der Waals surface area contributed by atoms with Gasteiger partial charge in [0, 0.05) is 42.3 Å². The molecule has 5 heteroatoms. The first-order valence-corrected chi connectivity index (χ1v) is 12.5. The molecular weight excluding hydrogens is 424 g/mol. The van der Waals surface area contributed by atoms with Crippen molar-refractivity contribution >= 4 is 22.5 Å². The van der Waals surface area contributed by atoms with Crippen molar-refractivity contribution in [2.24, 2.45) is 0 Å². The maximum Gasteiger partial charge on any atom is 0.160 e. The Morgan fingerprint density at radius 3 is 2.45 bits per heavy atom. The van der Waals surface area contributed by atoms with E-state index < -0.39 is 0 Å². The Morgan fingerprint density at radius 1 is 0.818 bits per heavy atom. The molecule has 1 aliphatic heterocycles. The molecule has 0 unspecified atom stereocenters. The fourth-order valence-electron chi connectivity index (χ4n) is 4.89. The Kier molecular flexibility index (Phi) is 5.50. The van der Waals surface area contributed by atoms with Crippen molar-refractivity contribution in [1.29, 1.82) is 0 Å². The molecule has 1 saturated heterocycles. The van der Waals surface area contributed by atoms with Gasteiger partial charge in [-0.15, -0.1) is 11.3 Å². The normalized spacial score (nSPS) is 15.3. The molecule has 1 aliphatic rings. The highest BCUT2D eigenvalue weighted by atomic mass is 32.1. The van der Waals surface area contributed by atoms with E-state index in [4.69, 9.17) is 0 Å². The average Bonchev–Trinajstić information content (AvgIpc) is 3.53. The van der Waals surface area contributed by atoms with Gasteiger partial charge in [0.05, 0.1) is 6.33 Å². The van der Waals surface area contributed by atoms with Crippen LogP contribution in [0.5, 0.6) is 0 Å². The third-order valence-electron chi connectivity index (χ3n) is 6.65. The lowest BCUT2D eigenvalue weighted by molar-refractivity contribution is 0.181. The number of aromatic nitrogens is 3. The van der Waals surface area contributed by atoms with Crippen molar-refractivity contribution in [1.82, 2.24) is 19.4 Å². The molecule has 5 aromatic rings. The van der Waals surface area contributed by atoms with Crippen LogP contribution in [0.2, 0.25) is 0 Å². The van der Waals surface area contributed by atoms with Crippen molar-refractivity contribution in [3.8, 4) is 21.6 Å². The quantitative estimate of drug-likeness (QED) is 0.300. The van der Waals surface area contributed by atoms with Crippen LogP contribution < -0.4 is 0 Å². The first kappa shape index (κ1) is 20.3. The molecule has 4 heterocycles. The zero-order chi connectivity index (χ0) is 22.0. The summed E-state index contributed by atoms with van der Waals surface area (Å²) in [4.78, 5) is 13.0. The summed E-state index contributed by atoms with van der Waals surface area (Å²) >= 11 is 1.82. The number of likely N-dealkylation sites (tertiary alicyclic amines) is 1. The summed E-state index contributed by atoms with van der Waals surface area (Å²) in [6.45, 7) is 3.20. The van der Waals surface area contributed by atoms with Gasteiger partial charge in [-0.2, -0.15) is 0 Å². The van der Waals surface area contributed by atoms with E-state index in [1.54, 1.807) is 0 Å². The largest absolute Gasteiger partial charge is 0.312 e. The van der Waals surface area contributed by atoms with Gasteiger partial charge < -0.3 is 4.57 Å². The van der Waals surface area contributed by atoms with Gasteiger partial charge in [-0.3, -0.25) is 4.90 Å². The van der Waals surface area contributed by atoms with E-state index in [9.17, 15) is 0 Å². The highest BCUT2D eigenvalue weighted by Crippen LogP contribution is 2.37. The fraction of sp³-hybridized carbons (Fsp3) is 0.214. The summed E-state index contributed by atoms with van der Waals surface area (Å²) in [6, 6.07) is 26.5. The minimum Gasteiger partial charge on any atom is -0.312 e. The van der Waals surface area contributed by atoms with Crippen LogP contribution in [0, 0.1) is 0 Å². The number of hydrogen-bond acceptors (Lipinski definition) is 4. The van der Waals surface area contributed by atoms with Gasteiger partial charge >= 0.3 is 0 Å². The molecule has 2 aromatic carbocycles. The standard InChI is InChI=1S/C28H26N4S/c1-2-5-22(6-3-1)25-14-18-33-27(25)23-10-8-21(9-11-23)19-31-16-12-24(13-17-31)32-20-30-26-7-4-15-29-28(26)32/h1-11,14-15,18,20,24H,12-13,16-17,19H2. The molecule has 0 saturated carbocycles. The third-order valence-corrected chi connectivity index (χ3v) is 7.62. The van der Waals surface area contributed by atoms with E-state index >= 15 is 0 Å². The van der Waals surface area contributed by atoms with Crippen LogP contribution in [0.1, 0.15) is 24.4 Å². The van der Waals surface area contributed by atoms with Gasteiger partial charge in [-0.1, -0.05) is 54.6 Å². The van der Waals surface area contributed by atoms with Gasteiger partial charge in [-0.25, -0.2) is 9.97 Å². The Morgan fingerprint density at radius 2 is 1.64 bits per heavy atom. The van der Waals surface area contributed by atoms with E-state index in [1.165, 1.54) is 27.1 Å². The van der Waals surface area contributed by atoms with Crippen LogP contribution in [0.25, 0.3) is 32.7 Å². The monoisotopic (exact) mass is 450 g/mol. The zero-order valence-corrected chi connectivity index (χ0v) is 19.3. The van der Waals surface area contributed by atoms with Gasteiger partial charge in [0.25, 0.3) is 0 Å². The van der Waals surface area contributed by atoms with Crippen LogP contribution in [-0.2, 0) is 6.54 Å². The number of benzene rings is 2. The Labute approximate surface area is 198 Å². The zero-order valence-electron chi connectivity index (χ0n) is 18.5. The highest BCUT2D eigenvalue weighted by Gasteiger charge is 2.22. The lowest BCUT2D eigenvalue weighted by atomic mass is 10.0. The van der Waals surface area contributed by atoms with Crippen LogP contribution in [0.4, 0.5) is 0 Å². The van der Waals surface area contributed by atoms with Crippen molar-refractivity contribution in [3.63, 3.8) is 0 Å². The fourth-order valence-corrected chi connectivity index (χ4v) is 5.81. The number of piperidine rings is 1. The van der Waals surface area contributed by atoms with E-state index in [-0.39, 0.29) is 0 Å². The van der Waals surface area contributed by atoms with Crippen molar-refractivity contribution in [2.45, 2.75) is 25.4 Å². The molecule has 0 radical (unpaired) electrons. The van der Waals surface area contributed by atoms with Crippen LogP contribution in [0.15, 0.2) is 90.7 Å². The molecule has 0 amide bonds. The number of rotatable bonds is 5. The summed E-state index contributed by atoms with van der Waals surface area (Å²) in [5.41, 5.74) is 7.27. The Balaban J connectivity index is 1.11. The molecule has 4 nitrogen and oxygen atoms in total. The van der Waals surface area contributed by atoms with E-state index in [1.807, 2.05) is 36.0 Å². The summed E-state index contributed by atoms with van der Waals surface area (Å²) in [7, 11) is 0. The maximum absolute atomic E-state index is 4.55. The van der Waals surface area contributed by atoms with Crippen LogP contribution in [0.3, 0.4) is 0 Å². The molecule has 164 valence electrons. The predicted octanol–water partition coefficient (Wildman–Crippen LogP) is 6.66. The molecule has 33 heavy (non-hydrogen) atoms. The second kappa shape index (κ2) is 8.93. The second-order valence-corrected chi connectivity index (χ2v) is 9.65. The van der Waals surface area contributed by atoms with Crippen molar-refractivity contribution in [2.75, 3.05) is 13.1 Å². The average molecular weight is 451 g/mol. The highest BCUT2D eigenvalue weighted by molar-refractivity contribution is 7.14. The third kappa shape index (κ3) is 4.10. The summed E-state index contributed by atoms with van der Waals surface area (Å²) in [5, 5.41) is 2.19. The molecule has 3 aromatic heterocycles. The van der Waals surface area contributed by atoms with E-state index in [2.05, 4.69) is 85.5 Å². The van der Waals surface area contributed by atoms with E-state index in [0.717, 1.165) is 43.6 Å². The number of nitrogens with zero attached hydrogens (tertiary/aromatic N) is 4. The summed E-state index contributed by atoms with van der Waals surface area (Å²) in [6.07, 6.45) is 6.09. The summed E-state index contributed by atoms with van der Waals surface area (Å²) < 4.78 is 2.27. The van der Waals surface area contributed by atoms with Gasteiger partial charge in [-0.05, 0) is 53.1 Å². The number of imidazole rings is 1. The number of thiophene rings is 1. The van der Waals surface area contributed by atoms with E-state index in [0.29, 0.717) is 6.04 Å². The van der Waals surface area contributed by atoms with Gasteiger partial charge in [0.1, 0.15) is 5.52 Å². The molecule has 0 atom stereocenters. The van der Waals surface area contributed by atoms with Crippen LogP contribution in [-0.4, -0.2) is 32.5 Å². The smallest absolute Gasteiger partial charge is 0.160 e. The lowest BCUT2D eigenvalue weighted by Crippen LogP contribution is -2.34. The number of fused-ring (bicyclic) bond motifs is 1. The Hall–Kier alpha value is -3.28. The minimum absolute atomic E-state index is 0.485. The van der Waals surface area contributed by atoms with Gasteiger partial charge in [0.15, 0.2) is 5.65 Å². The maximum atomic E-state index is 4.55. The molecule has 1 fully saturated rings. The molecule has 0 N–H and O–H groups in total. The molecule has 6 rings (SSSR count). The lowest BCUT2D eigenvalue weighted by Gasteiger charge is -2.32. The molecule has 0 spiro atoms. The van der Waals surface area contributed by atoms with Crippen molar-refractivity contribution < 1.29 is 0 Å². The summed E-state index contributed by atoms with van der Waals surface area (Å²) in [5.74, 6) is 0. The SMILES string of the molecule is c1ccc(-c2ccsc2-c2ccc(CN3CCC(n4cnc5cccnc54)CC3)cc2)cc1. The van der Waals surface area contributed by atoms with Crippen LogP contribution >= 0.6 is 11.3 Å². The molecule has 0 bridgehead atoms.